The fraction of sp³-hybridized carbons (Fsp3) is 0.250. The summed E-state index contributed by atoms with van der Waals surface area (Å²) < 4.78 is 5.05. The van der Waals surface area contributed by atoms with Crippen molar-refractivity contribution in [2.75, 3.05) is 0 Å². The molecule has 0 radical (unpaired) electrons. The first-order valence-electron chi connectivity index (χ1n) is 6.77. The van der Waals surface area contributed by atoms with E-state index in [-0.39, 0.29) is 17.7 Å². The fourth-order valence-corrected chi connectivity index (χ4v) is 1.92. The summed E-state index contributed by atoms with van der Waals surface area (Å²) in [6.45, 7) is 3.74. The number of benzene rings is 1. The first-order valence-corrected chi connectivity index (χ1v) is 6.77. The summed E-state index contributed by atoms with van der Waals surface area (Å²) in [6, 6.07) is 11.5. The van der Waals surface area contributed by atoms with Gasteiger partial charge in [0.05, 0.1) is 6.26 Å². The molecule has 1 aromatic heterocycles. The second-order valence-electron chi connectivity index (χ2n) is 4.96. The molecular weight excluding hydrogens is 268 g/mol. The largest absolute Gasteiger partial charge is 0.459 e. The smallest absolute Gasteiger partial charge is 0.287 e. The maximum atomic E-state index is 12.3. The van der Waals surface area contributed by atoms with Crippen molar-refractivity contribution in [1.29, 1.82) is 0 Å². The van der Waals surface area contributed by atoms with Gasteiger partial charge in [-0.25, -0.2) is 0 Å². The van der Waals surface area contributed by atoms with Crippen LogP contribution in [0.1, 0.15) is 36.0 Å². The number of carbonyl (C=O) groups is 2. The number of rotatable bonds is 5. The minimum Gasteiger partial charge on any atom is -0.459 e. The molecule has 0 unspecified atom stereocenters. The van der Waals surface area contributed by atoms with Crippen LogP contribution in [0.25, 0.3) is 0 Å². The zero-order valence-corrected chi connectivity index (χ0v) is 12.0. The van der Waals surface area contributed by atoms with E-state index >= 15 is 0 Å². The third kappa shape index (κ3) is 3.95. The first kappa shape index (κ1) is 14.8. The monoisotopic (exact) mass is 286 g/mol. The predicted molar refractivity (Wildman–Crippen MR) is 78.6 cm³/mol. The van der Waals surface area contributed by atoms with Crippen molar-refractivity contribution in [3.05, 3.63) is 60.1 Å². The molecule has 0 aliphatic rings. The SMILES string of the molecule is CC(C)NC(=O)[C@@H](NC(=O)c1ccco1)c1ccccc1. The van der Waals surface area contributed by atoms with Gasteiger partial charge < -0.3 is 15.1 Å². The summed E-state index contributed by atoms with van der Waals surface area (Å²) in [5.41, 5.74) is 0.718. The van der Waals surface area contributed by atoms with E-state index < -0.39 is 11.9 Å². The molecule has 110 valence electrons. The van der Waals surface area contributed by atoms with Gasteiger partial charge in [-0.05, 0) is 31.5 Å². The molecule has 1 heterocycles. The van der Waals surface area contributed by atoms with E-state index in [1.54, 1.807) is 24.3 Å². The molecule has 2 aromatic rings. The molecule has 0 spiro atoms. The van der Waals surface area contributed by atoms with Gasteiger partial charge in [-0.3, -0.25) is 9.59 Å². The highest BCUT2D eigenvalue weighted by atomic mass is 16.3. The molecule has 2 amide bonds. The van der Waals surface area contributed by atoms with Crippen LogP contribution < -0.4 is 10.6 Å². The summed E-state index contributed by atoms with van der Waals surface area (Å²) in [4.78, 5) is 24.4. The molecular formula is C16H18N2O3. The van der Waals surface area contributed by atoms with Crippen LogP contribution in [0.3, 0.4) is 0 Å². The van der Waals surface area contributed by atoms with Gasteiger partial charge in [-0.2, -0.15) is 0 Å². The van der Waals surface area contributed by atoms with E-state index in [0.717, 1.165) is 5.56 Å². The summed E-state index contributed by atoms with van der Waals surface area (Å²) in [7, 11) is 0. The highest BCUT2D eigenvalue weighted by molar-refractivity contribution is 5.95. The van der Waals surface area contributed by atoms with Crippen LogP contribution in [0.5, 0.6) is 0 Å². The molecule has 2 N–H and O–H groups in total. The minimum absolute atomic E-state index is 0.00997. The number of carbonyl (C=O) groups excluding carboxylic acids is 2. The average Bonchev–Trinajstić information content (AvgIpc) is 2.99. The van der Waals surface area contributed by atoms with Crippen LogP contribution in [0.15, 0.2) is 53.1 Å². The maximum Gasteiger partial charge on any atom is 0.287 e. The Kier molecular flexibility index (Phi) is 4.77. The molecule has 0 bridgehead atoms. The number of hydrogen-bond donors (Lipinski definition) is 2. The Morgan fingerprint density at radius 2 is 1.71 bits per heavy atom. The highest BCUT2D eigenvalue weighted by Crippen LogP contribution is 2.14. The normalized spacial score (nSPS) is 12.0. The molecule has 1 atom stereocenters. The summed E-state index contributed by atoms with van der Waals surface area (Å²) in [6.07, 6.45) is 1.42. The quantitative estimate of drug-likeness (QED) is 0.885. The van der Waals surface area contributed by atoms with E-state index in [1.807, 2.05) is 32.0 Å². The first-order chi connectivity index (χ1) is 10.1. The van der Waals surface area contributed by atoms with Gasteiger partial charge in [0, 0.05) is 6.04 Å². The van der Waals surface area contributed by atoms with Crippen LogP contribution in [0, 0.1) is 0 Å². The van der Waals surface area contributed by atoms with Gasteiger partial charge in [0.2, 0.25) is 5.91 Å². The van der Waals surface area contributed by atoms with Crippen LogP contribution in [-0.4, -0.2) is 17.9 Å². The van der Waals surface area contributed by atoms with E-state index in [4.69, 9.17) is 4.42 Å². The number of furan rings is 1. The van der Waals surface area contributed by atoms with Gasteiger partial charge in [0.25, 0.3) is 5.91 Å². The number of nitrogens with one attached hydrogen (secondary N) is 2. The van der Waals surface area contributed by atoms with Crippen molar-refractivity contribution in [2.45, 2.75) is 25.9 Å². The van der Waals surface area contributed by atoms with Crippen molar-refractivity contribution in [1.82, 2.24) is 10.6 Å². The molecule has 1 aromatic carbocycles. The molecule has 0 saturated heterocycles. The van der Waals surface area contributed by atoms with E-state index in [1.165, 1.54) is 6.26 Å². The predicted octanol–water partition coefficient (Wildman–Crippen LogP) is 2.28. The van der Waals surface area contributed by atoms with Crippen molar-refractivity contribution in [3.63, 3.8) is 0 Å². The van der Waals surface area contributed by atoms with Gasteiger partial charge in [0.15, 0.2) is 5.76 Å². The summed E-state index contributed by atoms with van der Waals surface area (Å²) in [5, 5.41) is 5.50. The molecule has 21 heavy (non-hydrogen) atoms. The molecule has 5 nitrogen and oxygen atoms in total. The second-order valence-corrected chi connectivity index (χ2v) is 4.96. The Bertz CT molecular complexity index is 591. The molecule has 0 aliphatic carbocycles. The Balaban J connectivity index is 2.20. The van der Waals surface area contributed by atoms with Crippen molar-refractivity contribution in [2.24, 2.45) is 0 Å². The van der Waals surface area contributed by atoms with Crippen LogP contribution in [-0.2, 0) is 4.79 Å². The van der Waals surface area contributed by atoms with Crippen LogP contribution in [0.2, 0.25) is 0 Å². The molecule has 0 saturated carbocycles. The third-order valence-corrected chi connectivity index (χ3v) is 2.85. The Morgan fingerprint density at radius 1 is 1.00 bits per heavy atom. The standard InChI is InChI=1S/C16H18N2O3/c1-11(2)17-16(20)14(12-7-4-3-5-8-12)18-15(19)13-9-6-10-21-13/h3-11,14H,1-2H3,(H,17,20)(H,18,19)/t14-/m0/s1. The molecule has 5 heteroatoms. The highest BCUT2D eigenvalue weighted by Gasteiger charge is 2.24. The molecule has 2 rings (SSSR count). The third-order valence-electron chi connectivity index (χ3n) is 2.85. The average molecular weight is 286 g/mol. The Labute approximate surface area is 123 Å². The van der Waals surface area contributed by atoms with E-state index in [2.05, 4.69) is 10.6 Å². The van der Waals surface area contributed by atoms with E-state index in [9.17, 15) is 9.59 Å². The van der Waals surface area contributed by atoms with Gasteiger partial charge in [0.1, 0.15) is 6.04 Å². The second kappa shape index (κ2) is 6.74. The van der Waals surface area contributed by atoms with Crippen molar-refractivity contribution in [3.8, 4) is 0 Å². The molecule has 0 fully saturated rings. The van der Waals surface area contributed by atoms with E-state index in [0.29, 0.717) is 0 Å². The zero-order valence-electron chi connectivity index (χ0n) is 12.0. The van der Waals surface area contributed by atoms with Gasteiger partial charge in [-0.1, -0.05) is 30.3 Å². The van der Waals surface area contributed by atoms with Gasteiger partial charge >= 0.3 is 0 Å². The number of hydrogen-bond acceptors (Lipinski definition) is 3. The van der Waals surface area contributed by atoms with Crippen LogP contribution >= 0.6 is 0 Å². The zero-order chi connectivity index (χ0) is 15.2. The van der Waals surface area contributed by atoms with Gasteiger partial charge in [-0.15, -0.1) is 0 Å². The maximum absolute atomic E-state index is 12.3. The Hall–Kier alpha value is -2.56. The lowest BCUT2D eigenvalue weighted by molar-refractivity contribution is -0.123. The lowest BCUT2D eigenvalue weighted by atomic mass is 10.1. The molecule has 0 aliphatic heterocycles. The topological polar surface area (TPSA) is 71.3 Å². The minimum atomic E-state index is -0.758. The lowest BCUT2D eigenvalue weighted by Crippen LogP contribution is -2.42. The van der Waals surface area contributed by atoms with Crippen molar-refractivity contribution >= 4 is 11.8 Å². The van der Waals surface area contributed by atoms with Crippen LogP contribution in [0.4, 0.5) is 0 Å². The fourth-order valence-electron chi connectivity index (χ4n) is 1.92. The number of amides is 2. The lowest BCUT2D eigenvalue weighted by Gasteiger charge is -2.19. The van der Waals surface area contributed by atoms with Crippen molar-refractivity contribution < 1.29 is 14.0 Å². The summed E-state index contributed by atoms with van der Waals surface area (Å²) >= 11 is 0. The summed E-state index contributed by atoms with van der Waals surface area (Å²) in [5.74, 6) is -0.503. The Morgan fingerprint density at radius 3 is 2.29 bits per heavy atom.